The lowest BCUT2D eigenvalue weighted by molar-refractivity contribution is 0.0696. The average molecular weight is 249 g/mol. The van der Waals surface area contributed by atoms with E-state index >= 15 is 0 Å². The molecule has 0 amide bonds. The minimum Gasteiger partial charge on any atom is -0.478 e. The number of aliphatic hydroxyl groups excluding tert-OH is 1. The van der Waals surface area contributed by atoms with Crippen LogP contribution >= 0.6 is 0 Å². The second-order valence-electron chi connectivity index (χ2n) is 4.79. The molecule has 0 saturated carbocycles. The summed E-state index contributed by atoms with van der Waals surface area (Å²) in [6.07, 6.45) is 2.19. The number of β-amino-alcohol motifs (C(OH)–C–C–N with tert-alkyl or cyclic N) is 1. The predicted octanol–water partition coefficient (Wildman–Crippen LogP) is 1.56. The molecule has 1 aromatic rings. The van der Waals surface area contributed by atoms with Crippen LogP contribution in [0.25, 0.3) is 0 Å². The predicted molar refractivity (Wildman–Crippen MR) is 68.9 cm³/mol. The fraction of sp³-hybridized carbons (Fsp3) is 0.500. The monoisotopic (exact) mass is 249 g/mol. The zero-order valence-corrected chi connectivity index (χ0v) is 10.4. The molecule has 1 aromatic carbocycles. The van der Waals surface area contributed by atoms with Crippen LogP contribution in [0.1, 0.15) is 34.7 Å². The number of nitrogens with zero attached hydrogens (tertiary/aromatic N) is 1. The maximum absolute atomic E-state index is 11.0. The third-order valence-corrected chi connectivity index (χ3v) is 3.53. The smallest absolute Gasteiger partial charge is 0.335 e. The van der Waals surface area contributed by atoms with Gasteiger partial charge in [-0.2, -0.15) is 0 Å². The Balaban J connectivity index is 2.10. The number of benzene rings is 1. The molecule has 0 aromatic heterocycles. The van der Waals surface area contributed by atoms with E-state index in [0.717, 1.165) is 31.5 Å². The van der Waals surface area contributed by atoms with Crippen molar-refractivity contribution in [3.63, 3.8) is 0 Å². The quantitative estimate of drug-likeness (QED) is 0.850. The molecule has 4 heteroatoms. The number of aromatic carboxylic acids is 1. The molecule has 1 atom stereocenters. The lowest BCUT2D eigenvalue weighted by Gasteiger charge is -2.32. The zero-order chi connectivity index (χ0) is 13.0. The summed E-state index contributed by atoms with van der Waals surface area (Å²) in [5.41, 5.74) is 1.45. The maximum atomic E-state index is 11.0. The number of rotatable bonds is 4. The molecule has 4 nitrogen and oxygen atoms in total. The number of carboxylic acids is 1. The van der Waals surface area contributed by atoms with Crippen LogP contribution in [0.2, 0.25) is 0 Å². The molecule has 2 N–H and O–H groups in total. The van der Waals surface area contributed by atoms with E-state index in [1.54, 1.807) is 12.1 Å². The molecule has 0 bridgehead atoms. The summed E-state index contributed by atoms with van der Waals surface area (Å²) in [6.45, 7) is 2.82. The summed E-state index contributed by atoms with van der Waals surface area (Å²) < 4.78 is 0. The maximum Gasteiger partial charge on any atom is 0.335 e. The first-order chi connectivity index (χ1) is 8.70. The largest absolute Gasteiger partial charge is 0.478 e. The van der Waals surface area contributed by atoms with Crippen molar-refractivity contribution in [2.45, 2.75) is 18.8 Å². The average Bonchev–Trinajstić information content (AvgIpc) is 2.39. The number of piperidine rings is 1. The standard InChI is InChI=1S/C14H19NO3/c16-8-7-15-6-2-5-13(10-15)11-3-1-4-12(9-11)14(17)18/h1,3-4,9,13,16H,2,5-8,10H2,(H,17,18). The Labute approximate surface area is 107 Å². The van der Waals surface area contributed by atoms with Gasteiger partial charge in [-0.3, -0.25) is 0 Å². The van der Waals surface area contributed by atoms with E-state index < -0.39 is 5.97 Å². The van der Waals surface area contributed by atoms with Crippen LogP contribution in [-0.4, -0.2) is 47.3 Å². The van der Waals surface area contributed by atoms with Gasteiger partial charge in [0.1, 0.15) is 0 Å². The zero-order valence-electron chi connectivity index (χ0n) is 10.4. The van der Waals surface area contributed by atoms with E-state index in [4.69, 9.17) is 10.2 Å². The van der Waals surface area contributed by atoms with Gasteiger partial charge in [0.15, 0.2) is 0 Å². The van der Waals surface area contributed by atoms with Crippen LogP contribution in [0.5, 0.6) is 0 Å². The van der Waals surface area contributed by atoms with Crippen LogP contribution < -0.4 is 0 Å². The molecule has 1 fully saturated rings. The first-order valence-electron chi connectivity index (χ1n) is 6.37. The lowest BCUT2D eigenvalue weighted by atomic mass is 9.90. The van der Waals surface area contributed by atoms with Crippen LogP contribution in [0.4, 0.5) is 0 Å². The highest BCUT2D eigenvalue weighted by molar-refractivity contribution is 5.87. The molecule has 1 unspecified atom stereocenters. The van der Waals surface area contributed by atoms with Gasteiger partial charge in [0.25, 0.3) is 0 Å². The number of hydrogen-bond donors (Lipinski definition) is 2. The Hall–Kier alpha value is -1.39. The van der Waals surface area contributed by atoms with Crippen molar-refractivity contribution in [1.82, 2.24) is 4.90 Å². The van der Waals surface area contributed by atoms with Crippen molar-refractivity contribution in [1.29, 1.82) is 0 Å². The highest BCUT2D eigenvalue weighted by Crippen LogP contribution is 2.27. The number of hydrogen-bond acceptors (Lipinski definition) is 3. The summed E-state index contributed by atoms with van der Waals surface area (Å²) in [4.78, 5) is 13.2. The highest BCUT2D eigenvalue weighted by Gasteiger charge is 2.21. The number of carbonyl (C=O) groups is 1. The van der Waals surface area contributed by atoms with Crippen molar-refractivity contribution in [3.05, 3.63) is 35.4 Å². The Morgan fingerprint density at radius 2 is 2.28 bits per heavy atom. The highest BCUT2D eigenvalue weighted by atomic mass is 16.4. The Morgan fingerprint density at radius 3 is 3.00 bits per heavy atom. The van der Waals surface area contributed by atoms with Gasteiger partial charge in [-0.25, -0.2) is 4.79 Å². The first kappa shape index (κ1) is 13.1. The summed E-state index contributed by atoms with van der Waals surface area (Å²) in [5.74, 6) is -0.496. The van der Waals surface area contributed by atoms with Crippen LogP contribution in [0, 0.1) is 0 Å². The van der Waals surface area contributed by atoms with E-state index in [9.17, 15) is 4.79 Å². The van der Waals surface area contributed by atoms with Gasteiger partial charge < -0.3 is 15.1 Å². The molecule has 1 saturated heterocycles. The Kier molecular flexibility index (Phi) is 4.33. The van der Waals surface area contributed by atoms with Crippen LogP contribution in [0.3, 0.4) is 0 Å². The van der Waals surface area contributed by atoms with E-state index in [2.05, 4.69) is 4.90 Å². The second kappa shape index (κ2) is 5.98. The van der Waals surface area contributed by atoms with Gasteiger partial charge in [0.05, 0.1) is 12.2 Å². The van der Waals surface area contributed by atoms with Gasteiger partial charge >= 0.3 is 5.97 Å². The van der Waals surface area contributed by atoms with E-state index in [0.29, 0.717) is 18.0 Å². The molecule has 1 aliphatic rings. The third-order valence-electron chi connectivity index (χ3n) is 3.53. The van der Waals surface area contributed by atoms with E-state index in [1.807, 2.05) is 12.1 Å². The van der Waals surface area contributed by atoms with Gasteiger partial charge in [-0.05, 0) is 43.0 Å². The van der Waals surface area contributed by atoms with Crippen molar-refractivity contribution in [2.24, 2.45) is 0 Å². The van der Waals surface area contributed by atoms with Gasteiger partial charge in [-0.15, -0.1) is 0 Å². The first-order valence-corrected chi connectivity index (χ1v) is 6.37. The summed E-state index contributed by atoms with van der Waals surface area (Å²) in [5, 5.41) is 18.0. The number of carboxylic acid groups (broad SMARTS) is 1. The minimum absolute atomic E-state index is 0.182. The SMILES string of the molecule is O=C(O)c1cccc(C2CCCN(CCO)C2)c1. The molecule has 1 aliphatic heterocycles. The molecule has 0 radical (unpaired) electrons. The summed E-state index contributed by atoms with van der Waals surface area (Å²) >= 11 is 0. The number of aliphatic hydroxyl groups is 1. The van der Waals surface area contributed by atoms with E-state index in [1.165, 1.54) is 0 Å². The van der Waals surface area contributed by atoms with Crippen molar-refractivity contribution in [2.75, 3.05) is 26.2 Å². The minimum atomic E-state index is -0.875. The lowest BCUT2D eigenvalue weighted by Crippen LogP contribution is -2.36. The normalized spacial score (nSPS) is 20.8. The molecule has 1 heterocycles. The van der Waals surface area contributed by atoms with E-state index in [-0.39, 0.29) is 6.61 Å². The Bertz CT molecular complexity index is 417. The van der Waals surface area contributed by atoms with Crippen molar-refractivity contribution < 1.29 is 15.0 Å². The van der Waals surface area contributed by atoms with Crippen molar-refractivity contribution in [3.8, 4) is 0 Å². The molecule has 2 rings (SSSR count). The molecular weight excluding hydrogens is 230 g/mol. The van der Waals surface area contributed by atoms with Gasteiger partial charge in [-0.1, -0.05) is 12.1 Å². The summed E-state index contributed by atoms with van der Waals surface area (Å²) in [6, 6.07) is 7.21. The van der Waals surface area contributed by atoms with Gasteiger partial charge in [0.2, 0.25) is 0 Å². The van der Waals surface area contributed by atoms with Crippen molar-refractivity contribution >= 4 is 5.97 Å². The summed E-state index contributed by atoms with van der Waals surface area (Å²) in [7, 11) is 0. The Morgan fingerprint density at radius 1 is 1.44 bits per heavy atom. The van der Waals surface area contributed by atoms with Crippen LogP contribution in [-0.2, 0) is 0 Å². The molecule has 18 heavy (non-hydrogen) atoms. The second-order valence-corrected chi connectivity index (χ2v) is 4.79. The molecule has 0 spiro atoms. The fourth-order valence-corrected chi connectivity index (χ4v) is 2.60. The molecule has 98 valence electrons. The third kappa shape index (κ3) is 3.09. The topological polar surface area (TPSA) is 60.8 Å². The molecule has 0 aliphatic carbocycles. The van der Waals surface area contributed by atoms with Gasteiger partial charge in [0, 0.05) is 13.1 Å². The molecular formula is C14H19NO3. The fourth-order valence-electron chi connectivity index (χ4n) is 2.60. The number of likely N-dealkylation sites (tertiary alicyclic amines) is 1. The van der Waals surface area contributed by atoms with Crippen LogP contribution in [0.15, 0.2) is 24.3 Å².